The maximum Gasteiger partial charge on any atom is 0.416 e. The molecular formula is C13H10ClF3O2. The number of hydrogen-bond acceptors (Lipinski definition) is 2. The molecule has 0 bridgehead atoms. The summed E-state index contributed by atoms with van der Waals surface area (Å²) in [7, 11) is 0. The van der Waals surface area contributed by atoms with Crippen molar-refractivity contribution in [3.8, 4) is 11.5 Å². The summed E-state index contributed by atoms with van der Waals surface area (Å²) in [5.41, 5.74) is -0.870. The number of phenolic OH excluding ortho intramolecular Hbond substituents is 2. The first-order valence-electron chi connectivity index (χ1n) is 5.10. The van der Waals surface area contributed by atoms with Crippen LogP contribution in [-0.2, 0) is 6.18 Å². The predicted molar refractivity (Wildman–Crippen MR) is 66.2 cm³/mol. The minimum atomic E-state index is -4.42. The molecular weight excluding hydrogens is 281 g/mol. The average molecular weight is 291 g/mol. The van der Waals surface area contributed by atoms with E-state index in [9.17, 15) is 13.2 Å². The first-order valence-corrected chi connectivity index (χ1v) is 5.48. The third-order valence-corrected chi connectivity index (χ3v) is 2.33. The van der Waals surface area contributed by atoms with Crippen molar-refractivity contribution >= 4 is 11.6 Å². The first kappa shape index (κ1) is 15.2. The zero-order chi connectivity index (χ0) is 14.5. The predicted octanol–water partition coefficient (Wildman–Crippen LogP) is 4.46. The van der Waals surface area contributed by atoms with Gasteiger partial charge < -0.3 is 10.2 Å². The van der Waals surface area contributed by atoms with Crippen LogP contribution in [0.5, 0.6) is 11.5 Å². The Morgan fingerprint density at radius 2 is 1.47 bits per heavy atom. The van der Waals surface area contributed by atoms with Crippen molar-refractivity contribution in [1.29, 1.82) is 0 Å². The van der Waals surface area contributed by atoms with Crippen molar-refractivity contribution in [1.82, 2.24) is 0 Å². The van der Waals surface area contributed by atoms with Gasteiger partial charge in [0.2, 0.25) is 0 Å². The lowest BCUT2D eigenvalue weighted by molar-refractivity contribution is -0.137. The van der Waals surface area contributed by atoms with Crippen LogP contribution in [0.4, 0.5) is 13.2 Å². The lowest BCUT2D eigenvalue weighted by Crippen LogP contribution is -2.03. The number of hydrogen-bond donors (Lipinski definition) is 2. The molecule has 19 heavy (non-hydrogen) atoms. The number of alkyl halides is 3. The minimum Gasteiger partial charge on any atom is -0.508 e. The van der Waals surface area contributed by atoms with E-state index in [1.807, 2.05) is 6.07 Å². The maximum absolute atomic E-state index is 12.0. The van der Waals surface area contributed by atoms with E-state index in [1.165, 1.54) is 0 Å². The molecule has 0 amide bonds. The SMILES string of the molecule is Oc1ccc(C(F)(F)F)cc1Cl.Oc1ccccc1. The summed E-state index contributed by atoms with van der Waals surface area (Å²) in [5, 5.41) is 17.1. The monoisotopic (exact) mass is 290 g/mol. The van der Waals surface area contributed by atoms with E-state index < -0.39 is 11.7 Å². The minimum absolute atomic E-state index is 0.301. The molecule has 0 spiro atoms. The Hall–Kier alpha value is -1.88. The fraction of sp³-hybridized carbons (Fsp3) is 0.0769. The molecule has 2 nitrogen and oxygen atoms in total. The quantitative estimate of drug-likeness (QED) is 0.752. The van der Waals surface area contributed by atoms with Crippen LogP contribution in [0, 0.1) is 0 Å². The van der Waals surface area contributed by atoms with Gasteiger partial charge in [0.25, 0.3) is 0 Å². The van der Waals surface area contributed by atoms with Crippen molar-refractivity contribution in [2.75, 3.05) is 0 Å². The molecule has 2 aromatic rings. The van der Waals surface area contributed by atoms with Crippen LogP contribution in [0.15, 0.2) is 48.5 Å². The zero-order valence-electron chi connectivity index (χ0n) is 9.53. The van der Waals surface area contributed by atoms with Crippen molar-refractivity contribution < 1.29 is 23.4 Å². The normalized spacial score (nSPS) is 10.5. The van der Waals surface area contributed by atoms with Crippen LogP contribution in [-0.4, -0.2) is 10.2 Å². The third kappa shape index (κ3) is 5.09. The second-order valence-electron chi connectivity index (χ2n) is 3.50. The van der Waals surface area contributed by atoms with Gasteiger partial charge in [0.15, 0.2) is 0 Å². The second-order valence-corrected chi connectivity index (χ2v) is 3.91. The van der Waals surface area contributed by atoms with Crippen LogP contribution in [0.1, 0.15) is 5.56 Å². The zero-order valence-corrected chi connectivity index (χ0v) is 10.3. The van der Waals surface area contributed by atoms with E-state index in [4.69, 9.17) is 21.8 Å². The van der Waals surface area contributed by atoms with Gasteiger partial charge in [0.05, 0.1) is 10.6 Å². The van der Waals surface area contributed by atoms with E-state index >= 15 is 0 Å². The maximum atomic E-state index is 12.0. The molecule has 0 saturated carbocycles. The molecule has 0 aromatic heterocycles. The van der Waals surface area contributed by atoms with Crippen LogP contribution < -0.4 is 0 Å². The standard InChI is InChI=1S/C7H4ClF3O.C6H6O/c8-5-3-4(7(9,10)11)1-2-6(5)12;7-6-4-2-1-3-5-6/h1-3,12H;1-5,7H. The largest absolute Gasteiger partial charge is 0.508 e. The van der Waals surface area contributed by atoms with E-state index in [0.29, 0.717) is 11.8 Å². The summed E-state index contributed by atoms with van der Waals surface area (Å²) >= 11 is 5.27. The summed E-state index contributed by atoms with van der Waals surface area (Å²) in [4.78, 5) is 0. The van der Waals surface area contributed by atoms with Crippen molar-refractivity contribution in [2.24, 2.45) is 0 Å². The molecule has 102 valence electrons. The number of halogens is 4. The highest BCUT2D eigenvalue weighted by atomic mass is 35.5. The smallest absolute Gasteiger partial charge is 0.416 e. The van der Waals surface area contributed by atoms with Crippen LogP contribution in [0.3, 0.4) is 0 Å². The summed E-state index contributed by atoms with van der Waals surface area (Å²) in [5.74, 6) is -0.0350. The Bertz CT molecular complexity index is 527. The van der Waals surface area contributed by atoms with Gasteiger partial charge in [-0.3, -0.25) is 0 Å². The van der Waals surface area contributed by atoms with Gasteiger partial charge in [-0.25, -0.2) is 0 Å². The highest BCUT2D eigenvalue weighted by Gasteiger charge is 2.30. The van der Waals surface area contributed by atoms with E-state index in [1.54, 1.807) is 24.3 Å². The van der Waals surface area contributed by atoms with E-state index in [-0.39, 0.29) is 10.8 Å². The molecule has 0 unspecified atom stereocenters. The second kappa shape index (κ2) is 6.33. The molecule has 0 aliphatic rings. The Labute approximate surface area is 112 Å². The highest BCUT2D eigenvalue weighted by Crippen LogP contribution is 2.33. The van der Waals surface area contributed by atoms with E-state index in [0.717, 1.165) is 12.1 Å². The van der Waals surface area contributed by atoms with E-state index in [2.05, 4.69) is 0 Å². The molecule has 0 aliphatic heterocycles. The number of phenols is 2. The third-order valence-electron chi connectivity index (χ3n) is 2.03. The van der Waals surface area contributed by atoms with Crippen LogP contribution >= 0.6 is 11.6 Å². The van der Waals surface area contributed by atoms with Gasteiger partial charge in [-0.1, -0.05) is 29.8 Å². The number of para-hydroxylation sites is 1. The van der Waals surface area contributed by atoms with Crippen molar-refractivity contribution in [2.45, 2.75) is 6.18 Å². The average Bonchev–Trinajstić information content (AvgIpc) is 2.33. The Kier molecular flexibility index (Phi) is 5.06. The molecule has 6 heteroatoms. The Balaban J connectivity index is 0.000000218. The number of aromatic hydroxyl groups is 2. The Morgan fingerprint density at radius 3 is 1.84 bits per heavy atom. The molecule has 0 radical (unpaired) electrons. The highest BCUT2D eigenvalue weighted by molar-refractivity contribution is 6.32. The fourth-order valence-electron chi connectivity index (χ4n) is 1.11. The lowest BCUT2D eigenvalue weighted by atomic mass is 10.2. The molecule has 0 heterocycles. The fourth-order valence-corrected chi connectivity index (χ4v) is 1.29. The van der Waals surface area contributed by atoms with Gasteiger partial charge in [-0.2, -0.15) is 13.2 Å². The van der Waals surface area contributed by atoms with Gasteiger partial charge >= 0.3 is 6.18 Å². The summed E-state index contributed by atoms with van der Waals surface area (Å²) in [6.07, 6.45) is -4.42. The topological polar surface area (TPSA) is 40.5 Å². The van der Waals surface area contributed by atoms with Crippen LogP contribution in [0.25, 0.3) is 0 Å². The summed E-state index contributed by atoms with van der Waals surface area (Å²) in [6, 6.07) is 11.1. The Morgan fingerprint density at radius 1 is 0.895 bits per heavy atom. The molecule has 0 atom stereocenters. The lowest BCUT2D eigenvalue weighted by Gasteiger charge is -2.06. The molecule has 0 saturated heterocycles. The number of rotatable bonds is 0. The van der Waals surface area contributed by atoms with Crippen molar-refractivity contribution in [3.63, 3.8) is 0 Å². The molecule has 2 N–H and O–H groups in total. The number of benzene rings is 2. The van der Waals surface area contributed by atoms with Gasteiger partial charge in [0, 0.05) is 0 Å². The van der Waals surface area contributed by atoms with Gasteiger partial charge in [0.1, 0.15) is 11.5 Å². The van der Waals surface area contributed by atoms with Crippen molar-refractivity contribution in [3.05, 3.63) is 59.1 Å². The molecule has 2 aromatic carbocycles. The first-order chi connectivity index (χ1) is 8.80. The van der Waals surface area contributed by atoms with Crippen LogP contribution in [0.2, 0.25) is 5.02 Å². The molecule has 2 rings (SSSR count). The van der Waals surface area contributed by atoms with Gasteiger partial charge in [-0.05, 0) is 30.3 Å². The van der Waals surface area contributed by atoms with Gasteiger partial charge in [-0.15, -0.1) is 0 Å². The molecule has 0 fully saturated rings. The summed E-state index contributed by atoms with van der Waals surface area (Å²) in [6.45, 7) is 0. The molecule has 0 aliphatic carbocycles. The summed E-state index contributed by atoms with van der Waals surface area (Å²) < 4.78 is 35.9.